The van der Waals surface area contributed by atoms with E-state index in [0.717, 1.165) is 30.2 Å². The molecular weight excluding hydrogens is 525 g/mol. The Bertz CT molecular complexity index is 1040. The number of hydrogen-bond acceptors (Lipinski definition) is 5. The Balaban J connectivity index is 1.80. The lowest BCUT2D eigenvalue weighted by Gasteiger charge is -2.14. The molecule has 0 spiro atoms. The number of benzene rings is 2. The summed E-state index contributed by atoms with van der Waals surface area (Å²) in [6, 6.07) is 8.86. The first-order valence-electron chi connectivity index (χ1n) is 9.53. The highest BCUT2D eigenvalue weighted by Crippen LogP contribution is 2.39. The van der Waals surface area contributed by atoms with E-state index in [2.05, 4.69) is 15.9 Å². The molecule has 0 unspecified atom stereocenters. The lowest BCUT2D eigenvalue weighted by atomic mass is 10.1. The first-order valence-corrected chi connectivity index (χ1v) is 11.9. The molecular formula is C22H20BrCl2NO4S. The quantitative estimate of drug-likeness (QED) is 0.329. The molecule has 2 aromatic carbocycles. The number of halogens is 3. The van der Waals surface area contributed by atoms with Gasteiger partial charge in [-0.2, -0.15) is 0 Å². The van der Waals surface area contributed by atoms with Crippen LogP contribution in [0.4, 0.5) is 4.79 Å². The first-order chi connectivity index (χ1) is 14.8. The molecule has 164 valence electrons. The standard InChI is InChI=1S/C22H20BrCl2NO4S/c1-3-4-7-26-21(27)19(31-22(26)28)11-14-8-15(23)20(18(10-14)29-2)30-12-13-5-6-16(24)17(25)9-13/h5-6,8-11H,3-4,7,12H2,1-2H3/b19-11-. The van der Waals surface area contributed by atoms with Crippen LogP contribution >= 0.6 is 50.9 Å². The number of hydrogen-bond donors (Lipinski definition) is 0. The van der Waals surface area contributed by atoms with Crippen LogP contribution in [0.15, 0.2) is 39.7 Å². The van der Waals surface area contributed by atoms with Gasteiger partial charge in [0.05, 0.1) is 26.5 Å². The summed E-state index contributed by atoms with van der Waals surface area (Å²) in [6.45, 7) is 2.72. The zero-order chi connectivity index (χ0) is 22.5. The van der Waals surface area contributed by atoms with Gasteiger partial charge < -0.3 is 9.47 Å². The summed E-state index contributed by atoms with van der Waals surface area (Å²) in [5.41, 5.74) is 1.57. The molecule has 9 heteroatoms. The molecule has 1 aliphatic rings. The maximum absolute atomic E-state index is 12.6. The van der Waals surface area contributed by atoms with E-state index < -0.39 is 0 Å². The fraction of sp³-hybridized carbons (Fsp3) is 0.273. The highest BCUT2D eigenvalue weighted by molar-refractivity contribution is 9.10. The molecule has 0 radical (unpaired) electrons. The van der Waals surface area contributed by atoms with Crippen molar-refractivity contribution in [2.45, 2.75) is 26.4 Å². The van der Waals surface area contributed by atoms with Gasteiger partial charge in [-0.05, 0) is 75.6 Å². The lowest BCUT2D eigenvalue weighted by Crippen LogP contribution is -2.29. The number of nitrogens with zero attached hydrogens (tertiary/aromatic N) is 1. The molecule has 0 aromatic heterocycles. The summed E-state index contributed by atoms with van der Waals surface area (Å²) >= 11 is 16.5. The Labute approximate surface area is 203 Å². The van der Waals surface area contributed by atoms with Gasteiger partial charge in [0, 0.05) is 6.54 Å². The number of carbonyl (C=O) groups excluding carboxylic acids is 2. The van der Waals surface area contributed by atoms with Crippen LogP contribution in [-0.4, -0.2) is 29.7 Å². The maximum atomic E-state index is 12.6. The fourth-order valence-electron chi connectivity index (χ4n) is 2.91. The van der Waals surface area contributed by atoms with E-state index >= 15 is 0 Å². The van der Waals surface area contributed by atoms with Gasteiger partial charge in [-0.15, -0.1) is 0 Å². The number of methoxy groups -OCH3 is 1. The molecule has 1 saturated heterocycles. The van der Waals surface area contributed by atoms with E-state index in [-0.39, 0.29) is 17.8 Å². The summed E-state index contributed by atoms with van der Waals surface area (Å²) in [5.74, 6) is 0.742. The summed E-state index contributed by atoms with van der Waals surface area (Å²) in [5, 5.41) is 0.696. The second-order valence-corrected chi connectivity index (χ2v) is 9.42. The third-order valence-corrected chi connectivity index (χ3v) is 6.76. The third-order valence-electron chi connectivity index (χ3n) is 4.53. The van der Waals surface area contributed by atoms with Crippen molar-refractivity contribution in [2.24, 2.45) is 0 Å². The highest BCUT2D eigenvalue weighted by Gasteiger charge is 2.34. The normalized spacial score (nSPS) is 15.1. The molecule has 2 aromatic rings. The summed E-state index contributed by atoms with van der Waals surface area (Å²) in [7, 11) is 1.54. The molecule has 0 atom stereocenters. The maximum Gasteiger partial charge on any atom is 0.293 e. The molecule has 0 saturated carbocycles. The topological polar surface area (TPSA) is 55.8 Å². The van der Waals surface area contributed by atoms with Gasteiger partial charge in [-0.3, -0.25) is 14.5 Å². The van der Waals surface area contributed by atoms with Crippen molar-refractivity contribution < 1.29 is 19.1 Å². The van der Waals surface area contributed by atoms with Gasteiger partial charge in [0.25, 0.3) is 11.1 Å². The molecule has 0 N–H and O–H groups in total. The van der Waals surface area contributed by atoms with Crippen molar-refractivity contribution in [3.63, 3.8) is 0 Å². The molecule has 3 rings (SSSR count). The Kier molecular flexibility index (Phi) is 8.33. The highest BCUT2D eigenvalue weighted by atomic mass is 79.9. The van der Waals surface area contributed by atoms with E-state index in [1.54, 1.807) is 24.3 Å². The number of thioether (sulfide) groups is 1. The SMILES string of the molecule is CCCCN1C(=O)S/C(=C\c2cc(Br)c(OCc3ccc(Cl)c(Cl)c3)c(OC)c2)C1=O. The number of amides is 2. The van der Waals surface area contributed by atoms with Crippen molar-refractivity contribution in [1.82, 2.24) is 4.90 Å². The Morgan fingerprint density at radius 2 is 1.94 bits per heavy atom. The molecule has 1 heterocycles. The number of carbonyl (C=O) groups is 2. The average molecular weight is 545 g/mol. The Hall–Kier alpha value is -1.67. The average Bonchev–Trinajstić information content (AvgIpc) is 3.00. The molecule has 31 heavy (non-hydrogen) atoms. The molecule has 2 amide bonds. The van der Waals surface area contributed by atoms with Crippen molar-refractivity contribution in [3.8, 4) is 11.5 Å². The molecule has 5 nitrogen and oxygen atoms in total. The predicted octanol–water partition coefficient (Wildman–Crippen LogP) is 7.18. The predicted molar refractivity (Wildman–Crippen MR) is 129 cm³/mol. The van der Waals surface area contributed by atoms with Gasteiger partial charge in [0.1, 0.15) is 6.61 Å². The van der Waals surface area contributed by atoms with Crippen LogP contribution in [0.3, 0.4) is 0 Å². The molecule has 0 aliphatic carbocycles. The van der Waals surface area contributed by atoms with Gasteiger partial charge in [-0.25, -0.2) is 0 Å². The number of imide groups is 1. The zero-order valence-electron chi connectivity index (χ0n) is 16.9. The van der Waals surface area contributed by atoms with E-state index in [4.69, 9.17) is 32.7 Å². The van der Waals surface area contributed by atoms with Gasteiger partial charge >= 0.3 is 0 Å². The van der Waals surface area contributed by atoms with E-state index in [1.807, 2.05) is 19.1 Å². The van der Waals surface area contributed by atoms with Crippen LogP contribution in [-0.2, 0) is 11.4 Å². The van der Waals surface area contributed by atoms with Crippen LogP contribution in [0.1, 0.15) is 30.9 Å². The fourth-order valence-corrected chi connectivity index (χ4v) is 4.67. The van der Waals surface area contributed by atoms with Crippen LogP contribution in [0.5, 0.6) is 11.5 Å². The molecule has 0 bridgehead atoms. The van der Waals surface area contributed by atoms with E-state index in [9.17, 15) is 9.59 Å². The van der Waals surface area contributed by atoms with Crippen LogP contribution in [0.25, 0.3) is 6.08 Å². The van der Waals surface area contributed by atoms with Gasteiger partial charge in [0.2, 0.25) is 0 Å². The second kappa shape index (κ2) is 10.8. The first kappa shape index (κ1) is 24.0. The van der Waals surface area contributed by atoms with Crippen LogP contribution < -0.4 is 9.47 Å². The second-order valence-electron chi connectivity index (χ2n) is 6.76. The van der Waals surface area contributed by atoms with Gasteiger partial charge in [-0.1, -0.05) is 42.6 Å². The van der Waals surface area contributed by atoms with Crippen LogP contribution in [0.2, 0.25) is 10.0 Å². The van der Waals surface area contributed by atoms with Crippen molar-refractivity contribution in [3.05, 3.63) is 60.9 Å². The smallest absolute Gasteiger partial charge is 0.293 e. The molecule has 1 fully saturated rings. The minimum Gasteiger partial charge on any atom is -0.493 e. The monoisotopic (exact) mass is 543 g/mol. The van der Waals surface area contributed by atoms with Gasteiger partial charge in [0.15, 0.2) is 11.5 Å². The molecule has 1 aliphatic heterocycles. The van der Waals surface area contributed by atoms with Crippen molar-refractivity contribution in [1.29, 1.82) is 0 Å². The summed E-state index contributed by atoms with van der Waals surface area (Å²) < 4.78 is 12.1. The summed E-state index contributed by atoms with van der Waals surface area (Å²) in [6.07, 6.45) is 3.39. The minimum atomic E-state index is -0.265. The third kappa shape index (κ3) is 5.77. The Morgan fingerprint density at radius 1 is 1.16 bits per heavy atom. The van der Waals surface area contributed by atoms with Crippen molar-refractivity contribution >= 4 is 68.1 Å². The lowest BCUT2D eigenvalue weighted by molar-refractivity contribution is -0.122. The number of rotatable bonds is 8. The minimum absolute atomic E-state index is 0.239. The van der Waals surface area contributed by atoms with Crippen molar-refractivity contribution in [2.75, 3.05) is 13.7 Å². The van der Waals surface area contributed by atoms with E-state index in [1.165, 1.54) is 12.0 Å². The number of ether oxygens (including phenoxy) is 2. The zero-order valence-corrected chi connectivity index (χ0v) is 20.8. The Morgan fingerprint density at radius 3 is 2.61 bits per heavy atom. The number of unbranched alkanes of at least 4 members (excludes halogenated alkanes) is 1. The van der Waals surface area contributed by atoms with E-state index in [0.29, 0.717) is 43.0 Å². The largest absolute Gasteiger partial charge is 0.493 e. The summed E-state index contributed by atoms with van der Waals surface area (Å²) in [4.78, 5) is 26.4. The van der Waals surface area contributed by atoms with Crippen LogP contribution in [0, 0.1) is 0 Å².